The molecule has 0 aliphatic heterocycles. The summed E-state index contributed by atoms with van der Waals surface area (Å²) in [6, 6.07) is 0. The second-order valence-corrected chi connectivity index (χ2v) is 5.29. The maximum atomic E-state index is 11.9. The predicted octanol–water partition coefficient (Wildman–Crippen LogP) is 3.13. The first-order valence-electron chi connectivity index (χ1n) is 7.35. The van der Waals surface area contributed by atoms with Gasteiger partial charge in [-0.25, -0.2) is 0 Å². The van der Waals surface area contributed by atoms with Crippen LogP contribution in [0.5, 0.6) is 0 Å². The average molecular weight is 265 g/mol. The normalized spacial score (nSPS) is 10.7. The Bertz CT molecular complexity index is 373. The quantitative estimate of drug-likeness (QED) is 0.643. The number of amides is 1. The molecule has 0 aliphatic rings. The molecule has 1 aromatic rings. The van der Waals surface area contributed by atoms with Crippen molar-refractivity contribution in [3.8, 4) is 0 Å². The fraction of sp³-hybridized carbons (Fsp3) is 0.733. The highest BCUT2D eigenvalue weighted by Crippen LogP contribution is 2.09. The Hall–Kier alpha value is -1.32. The maximum absolute atomic E-state index is 11.9. The van der Waals surface area contributed by atoms with Crippen LogP contribution >= 0.6 is 0 Å². The third-order valence-electron chi connectivity index (χ3n) is 3.35. The summed E-state index contributed by atoms with van der Waals surface area (Å²) in [7, 11) is 3.76. The number of rotatable bonds is 9. The van der Waals surface area contributed by atoms with Crippen molar-refractivity contribution >= 4 is 5.91 Å². The van der Waals surface area contributed by atoms with Crippen molar-refractivity contribution in [3.05, 3.63) is 18.0 Å². The molecule has 0 atom stereocenters. The molecule has 1 heterocycles. The van der Waals surface area contributed by atoms with Gasteiger partial charge in [0.15, 0.2) is 0 Å². The highest BCUT2D eigenvalue weighted by Gasteiger charge is 2.09. The van der Waals surface area contributed by atoms with Crippen molar-refractivity contribution in [2.75, 3.05) is 7.05 Å². The highest BCUT2D eigenvalue weighted by molar-refractivity contribution is 5.75. The number of nitrogens with zero attached hydrogens (tertiary/aromatic N) is 3. The lowest BCUT2D eigenvalue weighted by molar-refractivity contribution is -0.130. The molecule has 0 fully saturated rings. The van der Waals surface area contributed by atoms with E-state index in [2.05, 4.69) is 12.0 Å². The molecule has 0 saturated heterocycles. The van der Waals surface area contributed by atoms with Gasteiger partial charge in [0.05, 0.1) is 6.20 Å². The molecule has 0 aromatic carbocycles. The summed E-state index contributed by atoms with van der Waals surface area (Å²) in [5.41, 5.74) is 1.08. The van der Waals surface area contributed by atoms with Crippen molar-refractivity contribution in [3.63, 3.8) is 0 Å². The van der Waals surface area contributed by atoms with Crippen LogP contribution in [-0.4, -0.2) is 27.6 Å². The molecule has 0 aliphatic carbocycles. The molecule has 1 aromatic heterocycles. The lowest BCUT2D eigenvalue weighted by atomic mass is 10.1. The second kappa shape index (κ2) is 8.73. The zero-order valence-corrected chi connectivity index (χ0v) is 12.6. The van der Waals surface area contributed by atoms with Crippen LogP contribution in [0.15, 0.2) is 12.4 Å². The minimum atomic E-state index is 0.236. The van der Waals surface area contributed by atoms with Gasteiger partial charge in [-0.3, -0.25) is 9.48 Å². The third-order valence-corrected chi connectivity index (χ3v) is 3.35. The van der Waals surface area contributed by atoms with Crippen molar-refractivity contribution in [2.24, 2.45) is 7.05 Å². The fourth-order valence-corrected chi connectivity index (χ4v) is 2.16. The van der Waals surface area contributed by atoms with Gasteiger partial charge in [0, 0.05) is 38.8 Å². The van der Waals surface area contributed by atoms with Crippen molar-refractivity contribution in [2.45, 2.75) is 58.4 Å². The van der Waals surface area contributed by atoms with E-state index in [1.807, 2.05) is 26.5 Å². The number of hydrogen-bond donors (Lipinski definition) is 0. The number of aryl methyl sites for hydroxylation is 1. The Labute approximate surface area is 116 Å². The van der Waals surface area contributed by atoms with Crippen LogP contribution in [0, 0.1) is 0 Å². The van der Waals surface area contributed by atoms with Crippen LogP contribution in [0.2, 0.25) is 0 Å². The predicted molar refractivity (Wildman–Crippen MR) is 77.7 cm³/mol. The number of aromatic nitrogens is 2. The van der Waals surface area contributed by atoms with Gasteiger partial charge in [0.2, 0.25) is 5.91 Å². The fourth-order valence-electron chi connectivity index (χ4n) is 2.16. The smallest absolute Gasteiger partial charge is 0.222 e. The van der Waals surface area contributed by atoms with Crippen molar-refractivity contribution in [1.82, 2.24) is 14.7 Å². The van der Waals surface area contributed by atoms with E-state index in [0.29, 0.717) is 13.0 Å². The minimum Gasteiger partial charge on any atom is -0.341 e. The molecule has 4 heteroatoms. The molecule has 0 radical (unpaired) electrons. The van der Waals surface area contributed by atoms with Crippen LogP contribution in [0.3, 0.4) is 0 Å². The van der Waals surface area contributed by atoms with E-state index in [9.17, 15) is 4.79 Å². The second-order valence-electron chi connectivity index (χ2n) is 5.29. The van der Waals surface area contributed by atoms with E-state index in [-0.39, 0.29) is 5.91 Å². The Morgan fingerprint density at radius 3 is 2.58 bits per heavy atom. The molecule has 19 heavy (non-hydrogen) atoms. The molecule has 0 unspecified atom stereocenters. The van der Waals surface area contributed by atoms with Crippen LogP contribution in [0.4, 0.5) is 0 Å². The van der Waals surface area contributed by atoms with E-state index < -0.39 is 0 Å². The maximum Gasteiger partial charge on any atom is 0.222 e. The first-order chi connectivity index (χ1) is 9.13. The molecule has 1 rings (SSSR count). The zero-order chi connectivity index (χ0) is 14.1. The van der Waals surface area contributed by atoms with Crippen molar-refractivity contribution < 1.29 is 4.79 Å². The number of hydrogen-bond acceptors (Lipinski definition) is 2. The van der Waals surface area contributed by atoms with Gasteiger partial charge in [-0.05, 0) is 6.42 Å². The van der Waals surface area contributed by atoms with E-state index in [0.717, 1.165) is 12.0 Å². The summed E-state index contributed by atoms with van der Waals surface area (Å²) in [4.78, 5) is 13.7. The van der Waals surface area contributed by atoms with Gasteiger partial charge in [-0.15, -0.1) is 0 Å². The van der Waals surface area contributed by atoms with Gasteiger partial charge in [-0.1, -0.05) is 39.0 Å². The molecule has 0 bridgehead atoms. The SMILES string of the molecule is CCCCCCCCC(=O)N(C)Cc1cnn(C)c1. The van der Waals surface area contributed by atoms with Crippen LogP contribution in [-0.2, 0) is 18.4 Å². The van der Waals surface area contributed by atoms with E-state index in [4.69, 9.17) is 0 Å². The summed E-state index contributed by atoms with van der Waals surface area (Å²) < 4.78 is 1.77. The van der Waals surface area contributed by atoms with Gasteiger partial charge in [0.1, 0.15) is 0 Å². The minimum absolute atomic E-state index is 0.236. The van der Waals surface area contributed by atoms with Gasteiger partial charge in [0.25, 0.3) is 0 Å². The van der Waals surface area contributed by atoms with Crippen molar-refractivity contribution in [1.29, 1.82) is 0 Å². The Kier molecular flexibility index (Phi) is 7.23. The average Bonchev–Trinajstić information content (AvgIpc) is 2.78. The first kappa shape index (κ1) is 15.7. The molecule has 4 nitrogen and oxygen atoms in total. The number of carbonyl (C=O) groups is 1. The van der Waals surface area contributed by atoms with Gasteiger partial charge in [-0.2, -0.15) is 5.10 Å². The number of carbonyl (C=O) groups excluding carboxylic acids is 1. The van der Waals surface area contributed by atoms with Crippen LogP contribution in [0.1, 0.15) is 57.4 Å². The summed E-state index contributed by atoms with van der Waals surface area (Å²) >= 11 is 0. The highest BCUT2D eigenvalue weighted by atomic mass is 16.2. The monoisotopic (exact) mass is 265 g/mol. The summed E-state index contributed by atoms with van der Waals surface area (Å²) in [6.45, 7) is 2.87. The van der Waals surface area contributed by atoms with Crippen LogP contribution < -0.4 is 0 Å². The molecule has 108 valence electrons. The summed E-state index contributed by atoms with van der Waals surface area (Å²) in [6.07, 6.45) is 11.8. The van der Waals surface area contributed by atoms with Gasteiger partial charge < -0.3 is 4.90 Å². The number of unbranched alkanes of at least 4 members (excludes halogenated alkanes) is 5. The zero-order valence-electron chi connectivity index (χ0n) is 12.6. The molecule has 0 spiro atoms. The Morgan fingerprint density at radius 2 is 1.95 bits per heavy atom. The largest absolute Gasteiger partial charge is 0.341 e. The molecule has 0 N–H and O–H groups in total. The first-order valence-corrected chi connectivity index (χ1v) is 7.35. The van der Waals surface area contributed by atoms with Gasteiger partial charge >= 0.3 is 0 Å². The summed E-state index contributed by atoms with van der Waals surface area (Å²) in [5, 5.41) is 4.11. The Balaban J connectivity index is 2.14. The molecular formula is C15H27N3O. The van der Waals surface area contributed by atoms with E-state index in [1.54, 1.807) is 9.58 Å². The summed E-state index contributed by atoms with van der Waals surface area (Å²) in [5.74, 6) is 0.236. The molecule has 1 amide bonds. The van der Waals surface area contributed by atoms with E-state index in [1.165, 1.54) is 32.1 Å². The standard InChI is InChI=1S/C15H27N3O/c1-4-5-6-7-8-9-10-15(19)17(2)12-14-11-16-18(3)13-14/h11,13H,4-10,12H2,1-3H3. The third kappa shape index (κ3) is 6.41. The molecular weight excluding hydrogens is 238 g/mol. The van der Waals surface area contributed by atoms with Crippen LogP contribution in [0.25, 0.3) is 0 Å². The van der Waals surface area contributed by atoms with E-state index >= 15 is 0 Å². The topological polar surface area (TPSA) is 38.1 Å². The Morgan fingerprint density at radius 1 is 1.26 bits per heavy atom. The lowest BCUT2D eigenvalue weighted by Crippen LogP contribution is -2.25. The lowest BCUT2D eigenvalue weighted by Gasteiger charge is -2.16. The molecule has 0 saturated carbocycles.